The normalized spacial score (nSPS) is 20.1. The summed E-state index contributed by atoms with van der Waals surface area (Å²) in [4.78, 5) is 9.84. The lowest BCUT2D eigenvalue weighted by atomic mass is 10.2. The number of hydrogen-bond donors (Lipinski definition) is 1. The van der Waals surface area contributed by atoms with Gasteiger partial charge in [-0.15, -0.1) is 0 Å². The van der Waals surface area contributed by atoms with E-state index in [4.69, 9.17) is 0 Å². The second kappa shape index (κ2) is 4.90. The number of thioether (sulfide) groups is 1. The van der Waals surface area contributed by atoms with Crippen molar-refractivity contribution in [2.75, 3.05) is 18.6 Å². The van der Waals surface area contributed by atoms with E-state index in [2.05, 4.69) is 21.9 Å². The zero-order valence-corrected chi connectivity index (χ0v) is 11.1. The molecule has 1 aliphatic heterocycles. The molecule has 1 unspecified atom stereocenters. The first kappa shape index (κ1) is 12.0. The number of rotatable bonds is 3. The highest BCUT2D eigenvalue weighted by molar-refractivity contribution is 7.99. The molecule has 1 fully saturated rings. The molecule has 5 heteroatoms. The second-order valence-electron chi connectivity index (χ2n) is 4.75. The number of aromatic nitrogens is 2. The van der Waals surface area contributed by atoms with Crippen LogP contribution in [-0.4, -0.2) is 39.5 Å². The summed E-state index contributed by atoms with van der Waals surface area (Å²) < 4.78 is 13.5. The monoisotopic (exact) mass is 265 g/mol. The highest BCUT2D eigenvalue weighted by atomic mass is 32.2. The Morgan fingerprint density at radius 3 is 3.17 bits per heavy atom. The third kappa shape index (κ3) is 2.24. The van der Waals surface area contributed by atoms with Gasteiger partial charge in [0.25, 0.3) is 0 Å². The van der Waals surface area contributed by atoms with E-state index in [0.717, 1.165) is 17.9 Å². The SMILES string of the molecule is CN(Cc1nc2c(F)cccc2[nH]1)C1CCSC1. The molecule has 96 valence electrons. The van der Waals surface area contributed by atoms with Gasteiger partial charge in [0.05, 0.1) is 12.1 Å². The minimum atomic E-state index is -0.255. The van der Waals surface area contributed by atoms with Crippen LogP contribution < -0.4 is 0 Å². The van der Waals surface area contributed by atoms with Crippen LogP contribution in [-0.2, 0) is 6.54 Å². The van der Waals surface area contributed by atoms with E-state index in [1.54, 1.807) is 6.07 Å². The van der Waals surface area contributed by atoms with Gasteiger partial charge in [-0.1, -0.05) is 6.07 Å². The summed E-state index contributed by atoms with van der Waals surface area (Å²) in [5.74, 6) is 3.01. The van der Waals surface area contributed by atoms with Gasteiger partial charge in [0.2, 0.25) is 0 Å². The van der Waals surface area contributed by atoms with E-state index in [-0.39, 0.29) is 5.82 Å². The molecule has 1 aromatic heterocycles. The molecule has 1 N–H and O–H groups in total. The van der Waals surface area contributed by atoms with Crippen molar-refractivity contribution < 1.29 is 4.39 Å². The van der Waals surface area contributed by atoms with Crippen molar-refractivity contribution in [3.8, 4) is 0 Å². The molecule has 3 nitrogen and oxygen atoms in total. The van der Waals surface area contributed by atoms with Crippen LogP contribution in [0.25, 0.3) is 11.0 Å². The summed E-state index contributed by atoms with van der Waals surface area (Å²) in [7, 11) is 2.11. The maximum Gasteiger partial charge on any atom is 0.151 e. The third-order valence-electron chi connectivity index (χ3n) is 3.44. The average Bonchev–Trinajstić information content (AvgIpc) is 2.97. The fourth-order valence-corrected chi connectivity index (χ4v) is 3.66. The number of nitrogens with zero attached hydrogens (tertiary/aromatic N) is 2. The Bertz CT molecular complexity index is 548. The zero-order chi connectivity index (χ0) is 12.5. The van der Waals surface area contributed by atoms with Crippen molar-refractivity contribution >= 4 is 22.8 Å². The van der Waals surface area contributed by atoms with Gasteiger partial charge in [-0.3, -0.25) is 4.90 Å². The van der Waals surface area contributed by atoms with E-state index in [9.17, 15) is 4.39 Å². The van der Waals surface area contributed by atoms with Crippen LogP contribution in [0.15, 0.2) is 18.2 Å². The lowest BCUT2D eigenvalue weighted by Gasteiger charge is -2.21. The Morgan fingerprint density at radius 2 is 2.44 bits per heavy atom. The smallest absolute Gasteiger partial charge is 0.151 e. The Kier molecular flexibility index (Phi) is 3.26. The molecular weight excluding hydrogens is 249 g/mol. The van der Waals surface area contributed by atoms with Crippen molar-refractivity contribution in [2.45, 2.75) is 19.0 Å². The largest absolute Gasteiger partial charge is 0.341 e. The van der Waals surface area contributed by atoms with E-state index >= 15 is 0 Å². The fraction of sp³-hybridized carbons (Fsp3) is 0.462. The van der Waals surface area contributed by atoms with Crippen LogP contribution in [0.4, 0.5) is 4.39 Å². The maximum atomic E-state index is 13.5. The molecule has 2 heterocycles. The number of fused-ring (bicyclic) bond motifs is 1. The fourth-order valence-electron chi connectivity index (χ4n) is 2.36. The van der Waals surface area contributed by atoms with Gasteiger partial charge in [-0.2, -0.15) is 11.8 Å². The lowest BCUT2D eigenvalue weighted by molar-refractivity contribution is 0.249. The summed E-state index contributed by atoms with van der Waals surface area (Å²) in [6.07, 6.45) is 1.23. The summed E-state index contributed by atoms with van der Waals surface area (Å²) in [6, 6.07) is 5.63. The number of benzene rings is 1. The van der Waals surface area contributed by atoms with Crippen LogP contribution in [0.1, 0.15) is 12.2 Å². The van der Waals surface area contributed by atoms with Crippen LogP contribution >= 0.6 is 11.8 Å². The van der Waals surface area contributed by atoms with Crippen LogP contribution in [0.2, 0.25) is 0 Å². The number of H-pyrrole nitrogens is 1. The van der Waals surface area contributed by atoms with Crippen LogP contribution in [0.5, 0.6) is 0 Å². The second-order valence-corrected chi connectivity index (χ2v) is 5.90. The van der Waals surface area contributed by atoms with E-state index < -0.39 is 0 Å². The lowest BCUT2D eigenvalue weighted by Crippen LogP contribution is -2.31. The van der Waals surface area contributed by atoms with Crippen molar-refractivity contribution in [3.63, 3.8) is 0 Å². The standard InChI is InChI=1S/C13H16FN3S/c1-17(9-5-6-18-8-9)7-12-15-11-4-2-3-10(14)13(11)16-12/h2-4,9H,5-8H2,1H3,(H,15,16). The molecule has 2 aromatic rings. The van der Waals surface area contributed by atoms with Crippen LogP contribution in [0, 0.1) is 5.82 Å². The quantitative estimate of drug-likeness (QED) is 0.926. The number of imidazole rings is 1. The maximum absolute atomic E-state index is 13.5. The van der Waals surface area contributed by atoms with Gasteiger partial charge in [-0.05, 0) is 31.4 Å². The molecular formula is C13H16FN3S. The molecule has 0 radical (unpaired) electrons. The highest BCUT2D eigenvalue weighted by Crippen LogP contribution is 2.23. The number of aromatic amines is 1. The van der Waals surface area contributed by atoms with Gasteiger partial charge < -0.3 is 4.98 Å². The predicted octanol–water partition coefficient (Wildman–Crippen LogP) is 2.64. The summed E-state index contributed by atoms with van der Waals surface area (Å²) >= 11 is 2.00. The molecule has 18 heavy (non-hydrogen) atoms. The Labute approximate surface area is 110 Å². The summed E-state index contributed by atoms with van der Waals surface area (Å²) in [5, 5.41) is 0. The average molecular weight is 265 g/mol. The van der Waals surface area contributed by atoms with Gasteiger partial charge in [0.15, 0.2) is 5.82 Å². The first-order valence-electron chi connectivity index (χ1n) is 6.15. The molecule has 0 spiro atoms. The van der Waals surface area contributed by atoms with Gasteiger partial charge in [-0.25, -0.2) is 9.37 Å². The van der Waals surface area contributed by atoms with Gasteiger partial charge in [0, 0.05) is 11.8 Å². The first-order chi connectivity index (χ1) is 8.74. The topological polar surface area (TPSA) is 31.9 Å². The Balaban J connectivity index is 1.80. The van der Waals surface area contributed by atoms with Crippen molar-refractivity contribution in [1.82, 2.24) is 14.9 Å². The molecule has 1 saturated heterocycles. The highest BCUT2D eigenvalue weighted by Gasteiger charge is 2.21. The van der Waals surface area contributed by atoms with Gasteiger partial charge >= 0.3 is 0 Å². The van der Waals surface area contributed by atoms with Crippen LogP contribution in [0.3, 0.4) is 0 Å². The molecule has 0 saturated carbocycles. The molecule has 1 atom stereocenters. The van der Waals surface area contributed by atoms with E-state index in [0.29, 0.717) is 11.6 Å². The molecule has 0 bridgehead atoms. The minimum absolute atomic E-state index is 0.255. The Morgan fingerprint density at radius 1 is 1.56 bits per heavy atom. The number of nitrogens with one attached hydrogen (secondary N) is 1. The van der Waals surface area contributed by atoms with E-state index in [1.807, 2.05) is 17.8 Å². The summed E-state index contributed by atoms with van der Waals surface area (Å²) in [6.45, 7) is 0.749. The van der Waals surface area contributed by atoms with Crippen molar-refractivity contribution in [1.29, 1.82) is 0 Å². The first-order valence-corrected chi connectivity index (χ1v) is 7.30. The Hall–Kier alpha value is -1.07. The number of hydrogen-bond acceptors (Lipinski definition) is 3. The summed E-state index contributed by atoms with van der Waals surface area (Å²) in [5.41, 5.74) is 1.22. The van der Waals surface area contributed by atoms with Crippen molar-refractivity contribution in [3.05, 3.63) is 29.8 Å². The molecule has 3 rings (SSSR count). The van der Waals surface area contributed by atoms with Crippen molar-refractivity contribution in [2.24, 2.45) is 0 Å². The molecule has 0 aliphatic carbocycles. The zero-order valence-electron chi connectivity index (χ0n) is 10.3. The molecule has 1 aromatic carbocycles. The predicted molar refractivity (Wildman–Crippen MR) is 73.2 cm³/mol. The molecule has 1 aliphatic rings. The molecule has 0 amide bonds. The number of para-hydroxylation sites is 1. The van der Waals surface area contributed by atoms with E-state index in [1.165, 1.54) is 24.0 Å². The number of halogens is 1. The third-order valence-corrected chi connectivity index (χ3v) is 4.59. The van der Waals surface area contributed by atoms with Gasteiger partial charge in [0.1, 0.15) is 11.3 Å². The minimum Gasteiger partial charge on any atom is -0.341 e.